The number of nitrogens with zero attached hydrogens (tertiary/aromatic N) is 5. The third-order valence-electron chi connectivity index (χ3n) is 2.14. The van der Waals surface area contributed by atoms with Gasteiger partial charge in [-0.1, -0.05) is 5.21 Å². The number of anilines is 1. The summed E-state index contributed by atoms with van der Waals surface area (Å²) in [6.45, 7) is 3.28. The van der Waals surface area contributed by atoms with Crippen LogP contribution in [0, 0.1) is 6.92 Å². The summed E-state index contributed by atoms with van der Waals surface area (Å²) in [7, 11) is 1.58. The number of aryl methyl sites for hydroxylation is 1. The lowest BCUT2D eigenvalue weighted by molar-refractivity contribution is 0.397. The molecule has 0 saturated carbocycles. The van der Waals surface area contributed by atoms with E-state index in [1.165, 1.54) is 0 Å². The minimum Gasteiger partial charge on any atom is -0.481 e. The highest BCUT2D eigenvalue weighted by Gasteiger charge is 2.01. The van der Waals surface area contributed by atoms with E-state index in [1.807, 2.05) is 6.92 Å². The number of methoxy groups -OCH3 is 1. The standard InChI is InChI=1S/C10H14N6O/c1-8-7-9(17-2)14-10(13-8)11-3-5-16-6-4-12-15-16/h4,6-7H,3,5H2,1-2H3,(H,11,13,14). The van der Waals surface area contributed by atoms with Crippen LogP contribution >= 0.6 is 0 Å². The third-order valence-corrected chi connectivity index (χ3v) is 2.14. The topological polar surface area (TPSA) is 77.8 Å². The van der Waals surface area contributed by atoms with Gasteiger partial charge in [-0.15, -0.1) is 5.10 Å². The molecule has 0 aromatic carbocycles. The summed E-state index contributed by atoms with van der Waals surface area (Å²) in [6.07, 6.45) is 3.45. The fourth-order valence-corrected chi connectivity index (χ4v) is 1.36. The minimum absolute atomic E-state index is 0.556. The average Bonchev–Trinajstić information content (AvgIpc) is 2.81. The van der Waals surface area contributed by atoms with Crippen LogP contribution in [0.5, 0.6) is 5.88 Å². The molecule has 0 aliphatic carbocycles. The average molecular weight is 234 g/mol. The van der Waals surface area contributed by atoms with Gasteiger partial charge in [0, 0.05) is 24.5 Å². The van der Waals surface area contributed by atoms with E-state index in [-0.39, 0.29) is 0 Å². The Bertz CT molecular complexity index is 470. The Morgan fingerprint density at radius 3 is 3.00 bits per heavy atom. The predicted molar refractivity (Wildman–Crippen MR) is 61.8 cm³/mol. The van der Waals surface area contributed by atoms with Crippen LogP contribution in [0.15, 0.2) is 18.5 Å². The second-order valence-corrected chi connectivity index (χ2v) is 3.47. The molecule has 17 heavy (non-hydrogen) atoms. The summed E-state index contributed by atoms with van der Waals surface area (Å²) in [4.78, 5) is 8.43. The van der Waals surface area contributed by atoms with Crippen LogP contribution in [-0.2, 0) is 6.54 Å². The summed E-state index contributed by atoms with van der Waals surface area (Å²) < 4.78 is 6.81. The highest BCUT2D eigenvalue weighted by atomic mass is 16.5. The Labute approximate surface area is 98.8 Å². The summed E-state index contributed by atoms with van der Waals surface area (Å²) >= 11 is 0. The molecule has 0 unspecified atom stereocenters. The lowest BCUT2D eigenvalue weighted by Gasteiger charge is -2.07. The molecule has 0 saturated heterocycles. The summed E-state index contributed by atoms with van der Waals surface area (Å²) in [5.41, 5.74) is 0.861. The van der Waals surface area contributed by atoms with Gasteiger partial charge in [0.15, 0.2) is 0 Å². The smallest absolute Gasteiger partial charge is 0.226 e. The third kappa shape index (κ3) is 3.13. The molecule has 0 atom stereocenters. The quantitative estimate of drug-likeness (QED) is 0.811. The molecule has 2 aromatic rings. The summed E-state index contributed by atoms with van der Waals surface area (Å²) in [6, 6.07) is 1.78. The molecular weight excluding hydrogens is 220 g/mol. The van der Waals surface area contributed by atoms with Crippen LogP contribution in [-0.4, -0.2) is 38.6 Å². The van der Waals surface area contributed by atoms with E-state index in [0.717, 1.165) is 5.69 Å². The van der Waals surface area contributed by atoms with Gasteiger partial charge in [-0.25, -0.2) is 4.98 Å². The zero-order chi connectivity index (χ0) is 12.1. The fourth-order valence-electron chi connectivity index (χ4n) is 1.36. The van der Waals surface area contributed by atoms with E-state index >= 15 is 0 Å². The van der Waals surface area contributed by atoms with Crippen molar-refractivity contribution in [2.24, 2.45) is 0 Å². The van der Waals surface area contributed by atoms with Crippen molar-refractivity contribution in [3.05, 3.63) is 24.2 Å². The Kier molecular flexibility index (Phi) is 3.49. The molecule has 90 valence electrons. The van der Waals surface area contributed by atoms with Crippen molar-refractivity contribution in [3.63, 3.8) is 0 Å². The van der Waals surface area contributed by atoms with E-state index in [2.05, 4.69) is 25.6 Å². The molecule has 2 aromatic heterocycles. The van der Waals surface area contributed by atoms with Crippen LogP contribution in [0.2, 0.25) is 0 Å². The Morgan fingerprint density at radius 2 is 2.29 bits per heavy atom. The molecule has 0 radical (unpaired) electrons. The molecule has 0 aliphatic heterocycles. The lowest BCUT2D eigenvalue weighted by atomic mass is 10.4. The Balaban J connectivity index is 1.92. The van der Waals surface area contributed by atoms with Crippen LogP contribution in [0.25, 0.3) is 0 Å². The molecule has 0 amide bonds. The van der Waals surface area contributed by atoms with Crippen LogP contribution in [0.4, 0.5) is 5.95 Å². The van der Waals surface area contributed by atoms with Gasteiger partial charge in [-0.2, -0.15) is 4.98 Å². The van der Waals surface area contributed by atoms with Crippen molar-refractivity contribution >= 4 is 5.95 Å². The van der Waals surface area contributed by atoms with Gasteiger partial charge < -0.3 is 10.1 Å². The van der Waals surface area contributed by atoms with Gasteiger partial charge in [-0.05, 0) is 6.92 Å². The highest BCUT2D eigenvalue weighted by Crippen LogP contribution is 2.10. The first kappa shape index (κ1) is 11.3. The van der Waals surface area contributed by atoms with Crippen LogP contribution < -0.4 is 10.1 Å². The van der Waals surface area contributed by atoms with E-state index in [1.54, 1.807) is 30.3 Å². The molecule has 0 aliphatic rings. The number of aromatic nitrogens is 5. The first-order valence-corrected chi connectivity index (χ1v) is 5.25. The highest BCUT2D eigenvalue weighted by molar-refractivity contribution is 5.30. The lowest BCUT2D eigenvalue weighted by Crippen LogP contribution is -2.13. The van der Waals surface area contributed by atoms with E-state index in [4.69, 9.17) is 4.74 Å². The largest absolute Gasteiger partial charge is 0.481 e. The predicted octanol–water partition coefficient (Wildman–Crippen LogP) is 0.497. The molecule has 2 rings (SSSR count). The summed E-state index contributed by atoms with van der Waals surface area (Å²) in [5, 5.41) is 10.7. The van der Waals surface area contributed by atoms with Crippen LogP contribution in [0.3, 0.4) is 0 Å². The molecule has 1 N–H and O–H groups in total. The number of ether oxygens (including phenoxy) is 1. The zero-order valence-electron chi connectivity index (χ0n) is 9.79. The molecule has 7 heteroatoms. The van der Waals surface area contributed by atoms with Gasteiger partial charge >= 0.3 is 0 Å². The SMILES string of the molecule is COc1cc(C)nc(NCCn2ccnn2)n1. The van der Waals surface area contributed by atoms with E-state index in [9.17, 15) is 0 Å². The first-order valence-electron chi connectivity index (χ1n) is 5.25. The maximum absolute atomic E-state index is 5.07. The van der Waals surface area contributed by atoms with Crippen molar-refractivity contribution in [3.8, 4) is 5.88 Å². The monoisotopic (exact) mass is 234 g/mol. The maximum Gasteiger partial charge on any atom is 0.226 e. The maximum atomic E-state index is 5.07. The van der Waals surface area contributed by atoms with E-state index < -0.39 is 0 Å². The second-order valence-electron chi connectivity index (χ2n) is 3.47. The Hall–Kier alpha value is -2.18. The first-order chi connectivity index (χ1) is 8.28. The number of nitrogens with one attached hydrogen (secondary N) is 1. The molecule has 2 heterocycles. The normalized spacial score (nSPS) is 10.2. The molecule has 0 bridgehead atoms. The Morgan fingerprint density at radius 1 is 1.41 bits per heavy atom. The minimum atomic E-state index is 0.556. The van der Waals surface area contributed by atoms with Crippen molar-refractivity contribution in [1.29, 1.82) is 0 Å². The van der Waals surface area contributed by atoms with Gasteiger partial charge in [0.2, 0.25) is 11.8 Å². The summed E-state index contributed by atoms with van der Waals surface area (Å²) in [5.74, 6) is 1.11. The second kappa shape index (κ2) is 5.24. The van der Waals surface area contributed by atoms with Crippen molar-refractivity contribution in [1.82, 2.24) is 25.0 Å². The van der Waals surface area contributed by atoms with Crippen LogP contribution in [0.1, 0.15) is 5.69 Å². The molecule has 0 fully saturated rings. The fraction of sp³-hybridized carbons (Fsp3) is 0.400. The molecule has 0 spiro atoms. The van der Waals surface area contributed by atoms with Gasteiger partial charge in [0.05, 0.1) is 19.9 Å². The molecule has 7 nitrogen and oxygen atoms in total. The van der Waals surface area contributed by atoms with Gasteiger partial charge in [0.25, 0.3) is 0 Å². The number of hydrogen-bond acceptors (Lipinski definition) is 6. The van der Waals surface area contributed by atoms with E-state index in [0.29, 0.717) is 24.9 Å². The zero-order valence-corrected chi connectivity index (χ0v) is 9.79. The number of hydrogen-bond donors (Lipinski definition) is 1. The van der Waals surface area contributed by atoms with Gasteiger partial charge in [-0.3, -0.25) is 4.68 Å². The molecular formula is C10H14N6O. The van der Waals surface area contributed by atoms with Crippen molar-refractivity contribution in [2.45, 2.75) is 13.5 Å². The van der Waals surface area contributed by atoms with Crippen molar-refractivity contribution in [2.75, 3.05) is 19.0 Å². The number of rotatable bonds is 5. The van der Waals surface area contributed by atoms with Crippen molar-refractivity contribution < 1.29 is 4.74 Å². The van der Waals surface area contributed by atoms with Gasteiger partial charge in [0.1, 0.15) is 0 Å².